The van der Waals surface area contributed by atoms with E-state index >= 15 is 0 Å². The van der Waals surface area contributed by atoms with Crippen LogP contribution in [0.5, 0.6) is 11.5 Å². The van der Waals surface area contributed by atoms with Gasteiger partial charge < -0.3 is 14.6 Å². The molecule has 0 aliphatic rings. The predicted molar refractivity (Wildman–Crippen MR) is 78.9 cm³/mol. The molecule has 0 aliphatic carbocycles. The molecule has 4 heteroatoms. The van der Waals surface area contributed by atoms with E-state index in [1.807, 2.05) is 26.0 Å². The second-order valence-corrected chi connectivity index (χ2v) is 5.91. The lowest BCUT2D eigenvalue weighted by atomic mass is 9.79. The third-order valence-electron chi connectivity index (χ3n) is 3.49. The third kappa shape index (κ3) is 3.44. The maximum atomic E-state index is 11.1. The number of hydrogen-bond donors (Lipinski definition) is 1. The Kier molecular flexibility index (Phi) is 5.03. The molecule has 0 spiro atoms. The van der Waals surface area contributed by atoms with Crippen LogP contribution in [0.4, 0.5) is 0 Å². The summed E-state index contributed by atoms with van der Waals surface area (Å²) in [6, 6.07) is 3.97. The monoisotopic (exact) mass is 280 g/mol. The Bertz CT molecular complexity index is 489. The zero-order valence-electron chi connectivity index (χ0n) is 13.1. The normalized spacial score (nSPS) is 11.6. The van der Waals surface area contributed by atoms with E-state index in [0.717, 1.165) is 11.1 Å². The molecule has 1 aromatic carbocycles. The van der Waals surface area contributed by atoms with E-state index in [2.05, 4.69) is 13.8 Å². The van der Waals surface area contributed by atoms with Crippen molar-refractivity contribution in [2.45, 2.75) is 45.4 Å². The molecule has 1 N–H and O–H groups in total. The van der Waals surface area contributed by atoms with Crippen molar-refractivity contribution in [3.63, 3.8) is 0 Å². The molecular weight excluding hydrogens is 256 g/mol. The van der Waals surface area contributed by atoms with E-state index in [1.165, 1.54) is 0 Å². The highest BCUT2D eigenvalue weighted by atomic mass is 16.5. The lowest BCUT2D eigenvalue weighted by Crippen LogP contribution is -2.23. The summed E-state index contributed by atoms with van der Waals surface area (Å²) in [6.45, 7) is 8.00. The van der Waals surface area contributed by atoms with Crippen molar-refractivity contribution in [1.29, 1.82) is 0 Å². The number of methoxy groups -OCH3 is 2. The first-order chi connectivity index (χ1) is 9.22. The first-order valence-corrected chi connectivity index (χ1v) is 6.71. The molecule has 0 fully saturated rings. The summed E-state index contributed by atoms with van der Waals surface area (Å²) in [6.07, 6.45) is 0.0358. The van der Waals surface area contributed by atoms with Gasteiger partial charge in [0.1, 0.15) is 0 Å². The van der Waals surface area contributed by atoms with Crippen LogP contribution in [0.15, 0.2) is 12.1 Å². The predicted octanol–water partition coefficient (Wildman–Crippen LogP) is 3.58. The minimum Gasteiger partial charge on any atom is -0.493 e. The van der Waals surface area contributed by atoms with Gasteiger partial charge in [-0.25, -0.2) is 0 Å². The summed E-state index contributed by atoms with van der Waals surface area (Å²) in [4.78, 5) is 11.1. The molecule has 0 aromatic heterocycles. The summed E-state index contributed by atoms with van der Waals surface area (Å²) in [5.41, 5.74) is 1.44. The number of hydrogen-bond acceptors (Lipinski definition) is 3. The van der Waals surface area contributed by atoms with E-state index in [1.54, 1.807) is 14.2 Å². The molecule has 0 aliphatic heterocycles. The van der Waals surface area contributed by atoms with E-state index in [4.69, 9.17) is 14.6 Å². The van der Waals surface area contributed by atoms with Crippen molar-refractivity contribution in [3.8, 4) is 11.5 Å². The Balaban J connectivity index is 3.48. The average Bonchev–Trinajstić information content (AvgIpc) is 2.35. The Morgan fingerprint density at radius 2 is 1.85 bits per heavy atom. The van der Waals surface area contributed by atoms with Crippen molar-refractivity contribution in [2.75, 3.05) is 14.2 Å². The Hall–Kier alpha value is -1.71. The van der Waals surface area contributed by atoms with Crippen LogP contribution in [0.1, 0.15) is 51.2 Å². The molecule has 0 bridgehead atoms. The Labute approximate surface area is 120 Å². The van der Waals surface area contributed by atoms with E-state index in [0.29, 0.717) is 17.4 Å². The van der Waals surface area contributed by atoms with Gasteiger partial charge >= 0.3 is 5.97 Å². The Morgan fingerprint density at radius 1 is 1.25 bits per heavy atom. The smallest absolute Gasteiger partial charge is 0.304 e. The van der Waals surface area contributed by atoms with Crippen LogP contribution < -0.4 is 9.47 Å². The van der Waals surface area contributed by atoms with Gasteiger partial charge in [-0.1, -0.05) is 33.8 Å². The summed E-state index contributed by atoms with van der Waals surface area (Å²) >= 11 is 0. The zero-order valence-corrected chi connectivity index (χ0v) is 13.1. The number of carboxylic acid groups (broad SMARTS) is 1. The first-order valence-electron chi connectivity index (χ1n) is 6.71. The average molecular weight is 280 g/mol. The second-order valence-electron chi connectivity index (χ2n) is 5.91. The number of aliphatic carboxylic acids is 1. The van der Waals surface area contributed by atoms with Crippen molar-refractivity contribution in [1.82, 2.24) is 0 Å². The largest absolute Gasteiger partial charge is 0.493 e. The summed E-state index contributed by atoms with van der Waals surface area (Å²) in [7, 11) is 3.17. The molecule has 0 heterocycles. The molecule has 0 saturated heterocycles. The SMILES string of the molecule is COc1cc(C(C)C)cc(C(C)(C)CC(=O)O)c1OC. The minimum absolute atomic E-state index is 0.0358. The molecule has 112 valence electrons. The van der Waals surface area contributed by atoms with Crippen LogP contribution in [0.2, 0.25) is 0 Å². The first kappa shape index (κ1) is 16.3. The number of rotatable bonds is 6. The van der Waals surface area contributed by atoms with Crippen molar-refractivity contribution >= 4 is 5.97 Å². The fourth-order valence-corrected chi connectivity index (χ4v) is 2.30. The van der Waals surface area contributed by atoms with Gasteiger partial charge in [-0.2, -0.15) is 0 Å². The van der Waals surface area contributed by atoms with Crippen LogP contribution in [-0.4, -0.2) is 25.3 Å². The lowest BCUT2D eigenvalue weighted by Gasteiger charge is -2.27. The summed E-state index contributed by atoms with van der Waals surface area (Å²) in [5.74, 6) is 0.760. The molecule has 0 atom stereocenters. The highest BCUT2D eigenvalue weighted by Crippen LogP contribution is 2.42. The van der Waals surface area contributed by atoms with Gasteiger partial charge in [0.2, 0.25) is 0 Å². The molecule has 1 aromatic rings. The maximum Gasteiger partial charge on any atom is 0.304 e. The van der Waals surface area contributed by atoms with Gasteiger partial charge in [-0.15, -0.1) is 0 Å². The van der Waals surface area contributed by atoms with Gasteiger partial charge in [-0.3, -0.25) is 4.79 Å². The topological polar surface area (TPSA) is 55.8 Å². The fraction of sp³-hybridized carbons (Fsp3) is 0.562. The zero-order chi connectivity index (χ0) is 15.5. The van der Waals surface area contributed by atoms with Crippen LogP contribution in [0.25, 0.3) is 0 Å². The van der Waals surface area contributed by atoms with Gasteiger partial charge in [0.05, 0.1) is 20.6 Å². The van der Waals surface area contributed by atoms with Crippen molar-refractivity contribution in [3.05, 3.63) is 23.3 Å². The summed E-state index contributed by atoms with van der Waals surface area (Å²) < 4.78 is 10.8. The minimum atomic E-state index is -0.828. The van der Waals surface area contributed by atoms with Gasteiger partial charge in [0.15, 0.2) is 11.5 Å². The molecule has 0 radical (unpaired) electrons. The fourth-order valence-electron chi connectivity index (χ4n) is 2.30. The van der Waals surface area contributed by atoms with E-state index < -0.39 is 11.4 Å². The van der Waals surface area contributed by atoms with Gasteiger partial charge in [0, 0.05) is 11.0 Å². The van der Waals surface area contributed by atoms with Crippen LogP contribution in [-0.2, 0) is 10.2 Å². The van der Waals surface area contributed by atoms with Crippen LogP contribution in [0, 0.1) is 0 Å². The number of ether oxygens (including phenoxy) is 2. The van der Waals surface area contributed by atoms with E-state index in [9.17, 15) is 4.79 Å². The van der Waals surface area contributed by atoms with Crippen LogP contribution >= 0.6 is 0 Å². The lowest BCUT2D eigenvalue weighted by molar-refractivity contribution is -0.138. The molecule has 1 rings (SSSR count). The molecule has 0 saturated carbocycles. The highest BCUT2D eigenvalue weighted by molar-refractivity contribution is 5.69. The molecular formula is C16H24O4. The van der Waals surface area contributed by atoms with E-state index in [-0.39, 0.29) is 6.42 Å². The number of benzene rings is 1. The molecule has 0 amide bonds. The second kappa shape index (κ2) is 6.16. The number of carbonyl (C=O) groups is 1. The molecule has 20 heavy (non-hydrogen) atoms. The Morgan fingerprint density at radius 3 is 2.25 bits per heavy atom. The quantitative estimate of drug-likeness (QED) is 0.865. The standard InChI is InChI=1S/C16H24O4/c1-10(2)11-7-12(16(3,4)9-14(17)18)15(20-6)13(8-11)19-5/h7-8,10H,9H2,1-6H3,(H,17,18). The number of carboxylic acids is 1. The van der Waals surface area contributed by atoms with Gasteiger partial charge in [0.25, 0.3) is 0 Å². The summed E-state index contributed by atoms with van der Waals surface area (Å²) in [5, 5.41) is 9.11. The highest BCUT2D eigenvalue weighted by Gasteiger charge is 2.30. The maximum absolute atomic E-state index is 11.1. The van der Waals surface area contributed by atoms with Crippen molar-refractivity contribution < 1.29 is 19.4 Å². The third-order valence-corrected chi connectivity index (χ3v) is 3.49. The molecule has 4 nitrogen and oxygen atoms in total. The molecule has 0 unspecified atom stereocenters. The van der Waals surface area contributed by atoms with Gasteiger partial charge in [-0.05, 0) is 17.5 Å². The van der Waals surface area contributed by atoms with Crippen LogP contribution in [0.3, 0.4) is 0 Å². The van der Waals surface area contributed by atoms with Crippen molar-refractivity contribution in [2.24, 2.45) is 0 Å².